The summed E-state index contributed by atoms with van der Waals surface area (Å²) < 4.78 is 14.3. The van der Waals surface area contributed by atoms with E-state index in [4.69, 9.17) is 5.73 Å². The average Bonchev–Trinajstić information content (AvgIpc) is 2.32. The number of anilines is 2. The Morgan fingerprint density at radius 1 is 1.18 bits per heavy atom. The third-order valence-electron chi connectivity index (χ3n) is 2.45. The van der Waals surface area contributed by atoms with Crippen LogP contribution in [0.2, 0.25) is 0 Å². The van der Waals surface area contributed by atoms with Gasteiger partial charge in [0, 0.05) is 16.7 Å². The smallest absolute Gasteiger partial charge is 0.146 e. The molecule has 2 nitrogen and oxygen atoms in total. The highest BCUT2D eigenvalue weighted by Gasteiger charge is 2.03. The molecule has 0 saturated carbocycles. The van der Waals surface area contributed by atoms with Gasteiger partial charge in [-0.25, -0.2) is 4.39 Å². The first kappa shape index (κ1) is 11.9. The molecule has 0 atom stereocenters. The summed E-state index contributed by atoms with van der Waals surface area (Å²) in [6, 6.07) is 12.3. The fraction of sp³-hybridized carbons (Fsp3) is 0.0769. The van der Waals surface area contributed by atoms with E-state index in [9.17, 15) is 4.39 Å². The van der Waals surface area contributed by atoms with Gasteiger partial charge in [0.25, 0.3) is 0 Å². The maximum absolute atomic E-state index is 13.5. The van der Waals surface area contributed by atoms with Crippen LogP contribution in [0.15, 0.2) is 46.9 Å². The Morgan fingerprint density at radius 2 is 1.94 bits per heavy atom. The third-order valence-corrected chi connectivity index (χ3v) is 2.95. The van der Waals surface area contributed by atoms with Gasteiger partial charge in [-0.2, -0.15) is 0 Å². The molecule has 0 aliphatic carbocycles. The molecule has 0 aliphatic heterocycles. The molecule has 2 aromatic carbocycles. The van der Waals surface area contributed by atoms with Gasteiger partial charge in [0.15, 0.2) is 0 Å². The van der Waals surface area contributed by atoms with E-state index < -0.39 is 0 Å². The van der Waals surface area contributed by atoms with Crippen molar-refractivity contribution in [2.45, 2.75) is 6.54 Å². The van der Waals surface area contributed by atoms with Crippen LogP contribution in [0.25, 0.3) is 0 Å². The predicted octanol–water partition coefficient (Wildman–Crippen LogP) is 3.78. The quantitative estimate of drug-likeness (QED) is 0.846. The molecule has 0 unspecified atom stereocenters. The Balaban J connectivity index is 2.12. The monoisotopic (exact) mass is 294 g/mol. The summed E-state index contributed by atoms with van der Waals surface area (Å²) in [5, 5.41) is 3.03. The Hall–Kier alpha value is -1.55. The normalized spacial score (nSPS) is 10.2. The van der Waals surface area contributed by atoms with Crippen LogP contribution < -0.4 is 11.1 Å². The van der Waals surface area contributed by atoms with Gasteiger partial charge in [0.05, 0.1) is 5.69 Å². The van der Waals surface area contributed by atoms with E-state index in [1.54, 1.807) is 12.1 Å². The Labute approximate surface area is 108 Å². The van der Waals surface area contributed by atoms with E-state index in [0.717, 1.165) is 10.0 Å². The lowest BCUT2D eigenvalue weighted by Crippen LogP contribution is -2.04. The van der Waals surface area contributed by atoms with E-state index in [2.05, 4.69) is 21.2 Å². The first-order valence-corrected chi connectivity index (χ1v) is 5.98. The summed E-state index contributed by atoms with van der Waals surface area (Å²) in [4.78, 5) is 0. The first-order valence-electron chi connectivity index (χ1n) is 5.19. The summed E-state index contributed by atoms with van der Waals surface area (Å²) in [7, 11) is 0. The molecular weight excluding hydrogens is 283 g/mol. The van der Waals surface area contributed by atoms with Crippen LogP contribution >= 0.6 is 15.9 Å². The lowest BCUT2D eigenvalue weighted by atomic mass is 10.2. The van der Waals surface area contributed by atoms with Crippen LogP contribution in [-0.2, 0) is 6.54 Å². The highest BCUT2D eigenvalue weighted by Crippen LogP contribution is 2.21. The fourth-order valence-corrected chi connectivity index (χ4v) is 1.88. The van der Waals surface area contributed by atoms with Crippen molar-refractivity contribution in [2.75, 3.05) is 11.1 Å². The van der Waals surface area contributed by atoms with Crippen molar-refractivity contribution < 1.29 is 4.39 Å². The minimum Gasteiger partial charge on any atom is -0.398 e. The largest absolute Gasteiger partial charge is 0.398 e. The average molecular weight is 295 g/mol. The van der Waals surface area contributed by atoms with Crippen LogP contribution in [0.5, 0.6) is 0 Å². The van der Waals surface area contributed by atoms with Gasteiger partial charge in [0.2, 0.25) is 0 Å². The van der Waals surface area contributed by atoms with Crippen molar-refractivity contribution in [1.82, 2.24) is 0 Å². The van der Waals surface area contributed by atoms with Gasteiger partial charge in [-0.1, -0.05) is 34.1 Å². The second kappa shape index (κ2) is 5.19. The molecule has 0 saturated heterocycles. The number of halogens is 2. The molecule has 17 heavy (non-hydrogen) atoms. The van der Waals surface area contributed by atoms with Crippen molar-refractivity contribution in [1.29, 1.82) is 0 Å². The molecule has 3 N–H and O–H groups in total. The fourth-order valence-electron chi connectivity index (χ4n) is 1.52. The molecular formula is C13H12BrFN2. The Bertz CT molecular complexity index is 529. The highest BCUT2D eigenvalue weighted by atomic mass is 79.9. The number of para-hydroxylation sites is 1. The van der Waals surface area contributed by atoms with Gasteiger partial charge in [-0.3, -0.25) is 0 Å². The van der Waals surface area contributed by atoms with Crippen LogP contribution in [0, 0.1) is 5.82 Å². The number of rotatable bonds is 3. The number of hydrogen-bond donors (Lipinski definition) is 2. The van der Waals surface area contributed by atoms with Crippen LogP contribution in [0.1, 0.15) is 5.56 Å². The molecule has 0 bridgehead atoms. The van der Waals surface area contributed by atoms with Gasteiger partial charge >= 0.3 is 0 Å². The van der Waals surface area contributed by atoms with Crippen molar-refractivity contribution in [2.24, 2.45) is 0 Å². The molecule has 0 amide bonds. The summed E-state index contributed by atoms with van der Waals surface area (Å²) in [5.41, 5.74) is 7.93. The molecule has 88 valence electrons. The SMILES string of the molecule is Nc1ccccc1CNc1cc(Br)ccc1F. The van der Waals surface area contributed by atoms with Crippen molar-refractivity contribution >= 4 is 27.3 Å². The number of nitrogens with one attached hydrogen (secondary N) is 1. The molecule has 0 fully saturated rings. The van der Waals surface area contributed by atoms with Gasteiger partial charge in [-0.15, -0.1) is 0 Å². The zero-order valence-corrected chi connectivity index (χ0v) is 10.7. The van der Waals surface area contributed by atoms with E-state index in [1.807, 2.05) is 24.3 Å². The van der Waals surface area contributed by atoms with Gasteiger partial charge < -0.3 is 11.1 Å². The zero-order valence-electron chi connectivity index (χ0n) is 9.08. The first-order chi connectivity index (χ1) is 8.16. The van der Waals surface area contributed by atoms with Gasteiger partial charge in [-0.05, 0) is 29.8 Å². The summed E-state index contributed by atoms with van der Waals surface area (Å²) in [6.07, 6.45) is 0. The molecule has 0 spiro atoms. The van der Waals surface area contributed by atoms with E-state index in [1.165, 1.54) is 6.07 Å². The lowest BCUT2D eigenvalue weighted by molar-refractivity contribution is 0.630. The van der Waals surface area contributed by atoms with E-state index >= 15 is 0 Å². The lowest BCUT2D eigenvalue weighted by Gasteiger charge is -2.09. The zero-order chi connectivity index (χ0) is 12.3. The highest BCUT2D eigenvalue weighted by molar-refractivity contribution is 9.10. The summed E-state index contributed by atoms with van der Waals surface area (Å²) in [5.74, 6) is -0.275. The second-order valence-electron chi connectivity index (χ2n) is 3.68. The number of nitrogens with two attached hydrogens (primary N) is 1. The third kappa shape index (κ3) is 2.97. The molecule has 0 heterocycles. The number of benzene rings is 2. The maximum Gasteiger partial charge on any atom is 0.146 e. The molecule has 0 aromatic heterocycles. The van der Waals surface area contributed by atoms with Crippen LogP contribution in [0.4, 0.5) is 15.8 Å². The maximum atomic E-state index is 13.5. The number of hydrogen-bond acceptors (Lipinski definition) is 2. The molecule has 4 heteroatoms. The second-order valence-corrected chi connectivity index (χ2v) is 4.59. The number of nitrogen functional groups attached to an aromatic ring is 1. The van der Waals surface area contributed by atoms with Crippen LogP contribution in [-0.4, -0.2) is 0 Å². The molecule has 2 aromatic rings. The minimum absolute atomic E-state index is 0.275. The van der Waals surface area contributed by atoms with E-state index in [0.29, 0.717) is 17.9 Å². The van der Waals surface area contributed by atoms with Crippen molar-refractivity contribution in [3.8, 4) is 0 Å². The molecule has 0 aliphatic rings. The van der Waals surface area contributed by atoms with Crippen molar-refractivity contribution in [3.63, 3.8) is 0 Å². The Morgan fingerprint density at radius 3 is 2.71 bits per heavy atom. The predicted molar refractivity (Wildman–Crippen MR) is 72.3 cm³/mol. The molecule has 2 rings (SSSR count). The Kier molecular flexibility index (Phi) is 3.64. The minimum atomic E-state index is -0.275. The van der Waals surface area contributed by atoms with Crippen LogP contribution in [0.3, 0.4) is 0 Å². The summed E-state index contributed by atoms with van der Waals surface area (Å²) >= 11 is 3.31. The molecule has 0 radical (unpaired) electrons. The van der Waals surface area contributed by atoms with Crippen molar-refractivity contribution in [3.05, 3.63) is 58.3 Å². The summed E-state index contributed by atoms with van der Waals surface area (Å²) in [6.45, 7) is 0.500. The van der Waals surface area contributed by atoms with Gasteiger partial charge in [0.1, 0.15) is 5.82 Å². The van der Waals surface area contributed by atoms with E-state index in [-0.39, 0.29) is 5.82 Å². The standard InChI is InChI=1S/C13H12BrFN2/c14-10-5-6-11(15)13(7-10)17-8-9-3-1-2-4-12(9)16/h1-7,17H,8,16H2. The topological polar surface area (TPSA) is 38.0 Å².